The Labute approximate surface area is 122 Å². The Morgan fingerprint density at radius 1 is 1.15 bits per heavy atom. The first kappa shape index (κ1) is 14.1. The molecule has 1 N–H and O–H groups in total. The molecule has 4 heteroatoms. The van der Waals surface area contributed by atoms with E-state index in [0.29, 0.717) is 0 Å². The van der Waals surface area contributed by atoms with E-state index in [2.05, 4.69) is 27.2 Å². The van der Waals surface area contributed by atoms with E-state index in [4.69, 9.17) is 4.42 Å². The van der Waals surface area contributed by atoms with Gasteiger partial charge in [0.15, 0.2) is 0 Å². The molecular formula is C16H27N3O. The number of hydrogen-bond acceptors (Lipinski definition) is 4. The van der Waals surface area contributed by atoms with E-state index in [1.54, 1.807) is 0 Å². The molecule has 3 rings (SSSR count). The number of nitrogens with zero attached hydrogens (tertiary/aromatic N) is 2. The highest BCUT2D eigenvalue weighted by molar-refractivity contribution is 5.07. The molecular weight excluding hydrogens is 250 g/mol. The first-order chi connectivity index (χ1) is 9.85. The van der Waals surface area contributed by atoms with Crippen LogP contribution in [0.3, 0.4) is 0 Å². The summed E-state index contributed by atoms with van der Waals surface area (Å²) in [6.45, 7) is 6.83. The smallest absolute Gasteiger partial charge is 0.118 e. The molecule has 112 valence electrons. The van der Waals surface area contributed by atoms with Crippen molar-refractivity contribution < 1.29 is 4.42 Å². The number of furan rings is 1. The van der Waals surface area contributed by atoms with Gasteiger partial charge >= 0.3 is 0 Å². The van der Waals surface area contributed by atoms with Crippen LogP contribution < -0.4 is 5.32 Å². The van der Waals surface area contributed by atoms with Gasteiger partial charge in [0.05, 0.1) is 13.1 Å². The fourth-order valence-electron chi connectivity index (χ4n) is 3.53. The molecule has 1 aromatic rings. The van der Waals surface area contributed by atoms with Crippen LogP contribution in [0.1, 0.15) is 37.2 Å². The van der Waals surface area contributed by atoms with Crippen molar-refractivity contribution in [1.82, 2.24) is 15.1 Å². The molecule has 0 saturated carbocycles. The van der Waals surface area contributed by atoms with Gasteiger partial charge in [-0.05, 0) is 51.5 Å². The second-order valence-electron chi connectivity index (χ2n) is 6.17. The summed E-state index contributed by atoms with van der Waals surface area (Å²) >= 11 is 0. The number of rotatable bonds is 5. The van der Waals surface area contributed by atoms with Crippen molar-refractivity contribution in [3.63, 3.8) is 0 Å². The summed E-state index contributed by atoms with van der Waals surface area (Å²) in [6.07, 6.45) is 5.53. The van der Waals surface area contributed by atoms with E-state index in [-0.39, 0.29) is 0 Å². The predicted octanol–water partition coefficient (Wildman–Crippen LogP) is 2.06. The lowest BCUT2D eigenvalue weighted by Gasteiger charge is -2.32. The minimum atomic E-state index is 0.780. The second-order valence-corrected chi connectivity index (χ2v) is 6.17. The molecule has 0 radical (unpaired) electrons. The van der Waals surface area contributed by atoms with Gasteiger partial charge in [0, 0.05) is 19.1 Å². The first-order valence-corrected chi connectivity index (χ1v) is 8.04. The number of piperidine rings is 1. The molecule has 1 atom stereocenters. The first-order valence-electron chi connectivity index (χ1n) is 8.04. The molecule has 0 bridgehead atoms. The molecule has 3 heterocycles. The minimum Gasteiger partial charge on any atom is -0.463 e. The van der Waals surface area contributed by atoms with E-state index >= 15 is 0 Å². The fraction of sp³-hybridized carbons (Fsp3) is 0.750. The van der Waals surface area contributed by atoms with Crippen LogP contribution in [0.5, 0.6) is 0 Å². The maximum Gasteiger partial charge on any atom is 0.118 e. The van der Waals surface area contributed by atoms with Crippen molar-refractivity contribution >= 4 is 0 Å². The molecule has 2 saturated heterocycles. The number of likely N-dealkylation sites (tertiary alicyclic amines) is 2. The Morgan fingerprint density at radius 2 is 1.95 bits per heavy atom. The summed E-state index contributed by atoms with van der Waals surface area (Å²) in [5.41, 5.74) is 0. The summed E-state index contributed by atoms with van der Waals surface area (Å²) in [4.78, 5) is 5.25. The maximum absolute atomic E-state index is 5.85. The molecule has 0 aromatic carbocycles. The Balaban J connectivity index is 1.49. The zero-order valence-corrected chi connectivity index (χ0v) is 12.6. The van der Waals surface area contributed by atoms with Crippen LogP contribution in [0, 0.1) is 0 Å². The lowest BCUT2D eigenvalue weighted by atomic mass is 10.1. The van der Waals surface area contributed by atoms with Crippen molar-refractivity contribution in [2.45, 2.75) is 44.8 Å². The molecule has 1 aromatic heterocycles. The average Bonchev–Trinajstić information content (AvgIpc) is 3.11. The minimum absolute atomic E-state index is 0.780. The topological polar surface area (TPSA) is 31.6 Å². The summed E-state index contributed by atoms with van der Waals surface area (Å²) in [7, 11) is 1.95. The van der Waals surface area contributed by atoms with Gasteiger partial charge in [-0.15, -0.1) is 0 Å². The Hall–Kier alpha value is -0.840. The maximum atomic E-state index is 5.85. The largest absolute Gasteiger partial charge is 0.463 e. The molecule has 2 aliphatic heterocycles. The molecule has 0 amide bonds. The van der Waals surface area contributed by atoms with E-state index in [0.717, 1.165) is 30.7 Å². The van der Waals surface area contributed by atoms with Gasteiger partial charge in [0.25, 0.3) is 0 Å². The van der Waals surface area contributed by atoms with Gasteiger partial charge in [-0.3, -0.25) is 9.80 Å². The van der Waals surface area contributed by atoms with Gasteiger partial charge in [0.2, 0.25) is 0 Å². The van der Waals surface area contributed by atoms with Crippen LogP contribution in [0.25, 0.3) is 0 Å². The van der Waals surface area contributed by atoms with Crippen molar-refractivity contribution in [3.8, 4) is 0 Å². The van der Waals surface area contributed by atoms with E-state index in [1.807, 2.05) is 7.05 Å². The van der Waals surface area contributed by atoms with E-state index in [9.17, 15) is 0 Å². The van der Waals surface area contributed by atoms with Gasteiger partial charge in [-0.1, -0.05) is 6.42 Å². The predicted molar refractivity (Wildman–Crippen MR) is 80.6 cm³/mol. The van der Waals surface area contributed by atoms with Crippen molar-refractivity contribution in [2.24, 2.45) is 0 Å². The third-order valence-corrected chi connectivity index (χ3v) is 4.60. The van der Waals surface area contributed by atoms with Crippen molar-refractivity contribution in [1.29, 1.82) is 0 Å². The van der Waals surface area contributed by atoms with Gasteiger partial charge in [-0.25, -0.2) is 0 Å². The van der Waals surface area contributed by atoms with Crippen LogP contribution in [0.4, 0.5) is 0 Å². The highest BCUT2D eigenvalue weighted by Gasteiger charge is 2.28. The van der Waals surface area contributed by atoms with Crippen molar-refractivity contribution in [2.75, 3.05) is 33.2 Å². The molecule has 2 aliphatic rings. The normalized spacial score (nSPS) is 25.4. The summed E-state index contributed by atoms with van der Waals surface area (Å²) in [6, 6.07) is 4.99. The van der Waals surface area contributed by atoms with Gasteiger partial charge < -0.3 is 9.73 Å². The lowest BCUT2D eigenvalue weighted by Crippen LogP contribution is -2.40. The summed E-state index contributed by atoms with van der Waals surface area (Å²) < 4.78 is 5.85. The Morgan fingerprint density at radius 3 is 2.75 bits per heavy atom. The average molecular weight is 277 g/mol. The number of nitrogens with one attached hydrogen (secondary N) is 1. The molecule has 2 fully saturated rings. The monoisotopic (exact) mass is 277 g/mol. The highest BCUT2D eigenvalue weighted by atomic mass is 16.3. The zero-order valence-electron chi connectivity index (χ0n) is 12.6. The summed E-state index contributed by atoms with van der Waals surface area (Å²) in [5.74, 6) is 2.14. The van der Waals surface area contributed by atoms with Gasteiger partial charge in [-0.2, -0.15) is 0 Å². The molecule has 4 nitrogen and oxygen atoms in total. The molecule has 0 aliphatic carbocycles. The van der Waals surface area contributed by atoms with Crippen LogP contribution in [0.2, 0.25) is 0 Å². The Bertz CT molecular complexity index is 412. The third kappa shape index (κ3) is 3.43. The molecule has 20 heavy (non-hydrogen) atoms. The summed E-state index contributed by atoms with van der Waals surface area (Å²) in [5, 5.41) is 3.13. The molecule has 0 spiro atoms. The third-order valence-electron chi connectivity index (χ3n) is 4.60. The van der Waals surface area contributed by atoms with Crippen LogP contribution in [0.15, 0.2) is 16.5 Å². The molecule has 1 unspecified atom stereocenters. The van der Waals surface area contributed by atoms with Crippen LogP contribution in [-0.4, -0.2) is 49.1 Å². The van der Waals surface area contributed by atoms with Crippen LogP contribution >= 0.6 is 0 Å². The zero-order chi connectivity index (χ0) is 13.8. The standard InChI is InChI=1S/C16H27N3O/c1-17-11-15-5-6-16(20-15)13-18-10-7-14(12-18)19-8-3-2-4-9-19/h5-6,14,17H,2-4,7-13H2,1H3. The SMILES string of the molecule is CNCc1ccc(CN2CCC(N3CCCCC3)C2)o1. The van der Waals surface area contributed by atoms with E-state index in [1.165, 1.54) is 51.9 Å². The van der Waals surface area contributed by atoms with Crippen molar-refractivity contribution in [3.05, 3.63) is 23.7 Å². The van der Waals surface area contributed by atoms with Crippen LogP contribution in [-0.2, 0) is 13.1 Å². The quantitative estimate of drug-likeness (QED) is 0.893. The van der Waals surface area contributed by atoms with Gasteiger partial charge in [0.1, 0.15) is 11.5 Å². The Kier molecular flexibility index (Phi) is 4.76. The second kappa shape index (κ2) is 6.74. The number of hydrogen-bond donors (Lipinski definition) is 1. The van der Waals surface area contributed by atoms with E-state index < -0.39 is 0 Å². The lowest BCUT2D eigenvalue weighted by molar-refractivity contribution is 0.159. The highest BCUT2D eigenvalue weighted by Crippen LogP contribution is 2.22. The fourth-order valence-corrected chi connectivity index (χ4v) is 3.53.